The zero-order valence-corrected chi connectivity index (χ0v) is 9.88. The Kier molecular flexibility index (Phi) is 3.24. The number of ether oxygens (including phenoxy) is 1. The molecule has 5 heteroatoms. The molecule has 86 valence electrons. The molecule has 1 aromatic heterocycles. The summed E-state index contributed by atoms with van der Waals surface area (Å²) in [7, 11) is 0. The van der Waals surface area contributed by atoms with E-state index in [1.54, 1.807) is 24.0 Å². The Balaban J connectivity index is 2.13. The molecule has 0 spiro atoms. The van der Waals surface area contributed by atoms with Crippen LogP contribution >= 0.6 is 11.3 Å². The maximum atomic E-state index is 11.5. The fourth-order valence-electron chi connectivity index (χ4n) is 1.67. The monoisotopic (exact) mass is 239 g/mol. The summed E-state index contributed by atoms with van der Waals surface area (Å²) in [4.78, 5) is 25.2. The average Bonchev–Trinajstić information content (AvgIpc) is 2.86. The first-order chi connectivity index (χ1) is 7.72. The van der Waals surface area contributed by atoms with Crippen molar-refractivity contribution >= 4 is 28.2 Å². The Hall–Kier alpha value is -1.36. The lowest BCUT2D eigenvalue weighted by Gasteiger charge is -2.11. The van der Waals surface area contributed by atoms with E-state index in [-0.39, 0.29) is 11.9 Å². The molecule has 0 saturated carbocycles. The molecule has 1 fully saturated rings. The van der Waals surface area contributed by atoms with Crippen LogP contribution in [0.1, 0.15) is 29.4 Å². The fourth-order valence-corrected chi connectivity index (χ4v) is 2.61. The van der Waals surface area contributed by atoms with Crippen LogP contribution in [-0.2, 0) is 9.53 Å². The van der Waals surface area contributed by atoms with Crippen molar-refractivity contribution in [2.75, 3.05) is 18.1 Å². The summed E-state index contributed by atoms with van der Waals surface area (Å²) in [5.74, 6) is -0.178. The minimum atomic E-state index is -0.314. The number of rotatable bonds is 3. The Morgan fingerprint density at radius 1 is 1.56 bits per heavy atom. The molecule has 0 bridgehead atoms. The van der Waals surface area contributed by atoms with Gasteiger partial charge in [-0.2, -0.15) is 0 Å². The molecule has 2 rings (SSSR count). The lowest BCUT2D eigenvalue weighted by atomic mass is 10.4. The van der Waals surface area contributed by atoms with Gasteiger partial charge >= 0.3 is 5.97 Å². The summed E-state index contributed by atoms with van der Waals surface area (Å²) in [6, 6.07) is 3.52. The number of nitrogens with zero attached hydrogens (tertiary/aromatic N) is 1. The molecule has 1 aliphatic rings. The number of carbonyl (C=O) groups excluding carboxylic acids is 2. The van der Waals surface area contributed by atoms with Gasteiger partial charge in [-0.05, 0) is 25.5 Å². The van der Waals surface area contributed by atoms with Gasteiger partial charge in [0.2, 0.25) is 5.91 Å². The minimum Gasteiger partial charge on any atom is -0.462 e. The highest BCUT2D eigenvalue weighted by Crippen LogP contribution is 2.29. The number of hydrogen-bond donors (Lipinski definition) is 0. The molecule has 1 aliphatic heterocycles. The van der Waals surface area contributed by atoms with Crippen LogP contribution in [0.5, 0.6) is 0 Å². The molecule has 0 aliphatic carbocycles. The van der Waals surface area contributed by atoms with E-state index in [9.17, 15) is 9.59 Å². The maximum absolute atomic E-state index is 11.5. The van der Waals surface area contributed by atoms with Crippen LogP contribution < -0.4 is 4.90 Å². The maximum Gasteiger partial charge on any atom is 0.348 e. The van der Waals surface area contributed by atoms with Crippen LogP contribution in [0.4, 0.5) is 5.00 Å². The lowest BCUT2D eigenvalue weighted by Crippen LogP contribution is -2.22. The minimum absolute atomic E-state index is 0.136. The van der Waals surface area contributed by atoms with Gasteiger partial charge in [-0.25, -0.2) is 4.79 Å². The molecule has 0 aromatic carbocycles. The van der Waals surface area contributed by atoms with Crippen LogP contribution in [0.15, 0.2) is 12.1 Å². The highest BCUT2D eigenvalue weighted by molar-refractivity contribution is 7.18. The first-order valence-corrected chi connectivity index (χ1v) is 6.11. The van der Waals surface area contributed by atoms with E-state index in [1.807, 2.05) is 0 Å². The molecule has 1 saturated heterocycles. The molecular formula is C11H13NO3S. The van der Waals surface area contributed by atoms with E-state index in [0.717, 1.165) is 18.0 Å². The van der Waals surface area contributed by atoms with E-state index in [2.05, 4.69) is 0 Å². The van der Waals surface area contributed by atoms with Gasteiger partial charge in [0.25, 0.3) is 0 Å². The third-order valence-corrected chi connectivity index (χ3v) is 3.50. The molecule has 0 radical (unpaired) electrons. The van der Waals surface area contributed by atoms with Crippen molar-refractivity contribution in [1.82, 2.24) is 0 Å². The highest BCUT2D eigenvalue weighted by Gasteiger charge is 2.23. The van der Waals surface area contributed by atoms with Gasteiger partial charge in [0.1, 0.15) is 4.88 Å². The third kappa shape index (κ3) is 2.09. The summed E-state index contributed by atoms with van der Waals surface area (Å²) >= 11 is 1.31. The average molecular weight is 239 g/mol. The van der Waals surface area contributed by atoms with E-state index in [4.69, 9.17) is 4.74 Å². The Morgan fingerprint density at radius 2 is 2.38 bits per heavy atom. The third-order valence-electron chi connectivity index (χ3n) is 2.41. The molecule has 1 amide bonds. The van der Waals surface area contributed by atoms with E-state index < -0.39 is 0 Å². The van der Waals surface area contributed by atoms with Gasteiger partial charge in [0, 0.05) is 13.0 Å². The highest BCUT2D eigenvalue weighted by atomic mass is 32.1. The zero-order chi connectivity index (χ0) is 11.5. The van der Waals surface area contributed by atoms with Crippen molar-refractivity contribution < 1.29 is 14.3 Å². The molecule has 16 heavy (non-hydrogen) atoms. The largest absolute Gasteiger partial charge is 0.462 e. The summed E-state index contributed by atoms with van der Waals surface area (Å²) in [5, 5.41) is 0.838. The van der Waals surface area contributed by atoms with Gasteiger partial charge in [-0.3, -0.25) is 4.79 Å². The normalized spacial score (nSPS) is 15.6. The Labute approximate surface area is 97.8 Å². The van der Waals surface area contributed by atoms with Crippen LogP contribution in [0.3, 0.4) is 0 Å². The molecule has 0 atom stereocenters. The molecule has 1 aromatic rings. The zero-order valence-electron chi connectivity index (χ0n) is 9.06. The van der Waals surface area contributed by atoms with E-state index in [0.29, 0.717) is 17.9 Å². The Bertz CT molecular complexity index is 413. The molecule has 0 N–H and O–H groups in total. The van der Waals surface area contributed by atoms with Crippen LogP contribution in [0, 0.1) is 0 Å². The topological polar surface area (TPSA) is 46.6 Å². The van der Waals surface area contributed by atoms with Crippen molar-refractivity contribution in [2.45, 2.75) is 19.8 Å². The SMILES string of the molecule is CCOC(=O)c1ccc(N2CCCC2=O)s1. The first-order valence-electron chi connectivity index (χ1n) is 5.29. The van der Waals surface area contributed by atoms with Crippen LogP contribution in [-0.4, -0.2) is 25.0 Å². The van der Waals surface area contributed by atoms with Crippen LogP contribution in [0.2, 0.25) is 0 Å². The number of anilines is 1. The van der Waals surface area contributed by atoms with Crippen molar-refractivity contribution in [3.8, 4) is 0 Å². The first kappa shape index (κ1) is 11.1. The standard InChI is InChI=1S/C11H13NO3S/c1-2-15-11(14)8-5-6-10(16-8)12-7-3-4-9(12)13/h5-6H,2-4,7H2,1H3. The predicted octanol–water partition coefficient (Wildman–Crippen LogP) is 2.05. The number of esters is 1. The second-order valence-electron chi connectivity index (χ2n) is 3.51. The second-order valence-corrected chi connectivity index (χ2v) is 4.57. The lowest BCUT2D eigenvalue weighted by molar-refractivity contribution is -0.117. The summed E-state index contributed by atoms with van der Waals surface area (Å²) in [6.07, 6.45) is 1.50. The van der Waals surface area contributed by atoms with E-state index in [1.165, 1.54) is 11.3 Å². The van der Waals surface area contributed by atoms with Crippen LogP contribution in [0.25, 0.3) is 0 Å². The van der Waals surface area contributed by atoms with Crippen molar-refractivity contribution in [3.05, 3.63) is 17.0 Å². The van der Waals surface area contributed by atoms with Gasteiger partial charge in [0.15, 0.2) is 0 Å². The molecule has 2 heterocycles. The second kappa shape index (κ2) is 4.65. The Morgan fingerprint density at radius 3 is 3.00 bits per heavy atom. The predicted molar refractivity (Wildman–Crippen MR) is 61.9 cm³/mol. The molecule has 0 unspecified atom stereocenters. The van der Waals surface area contributed by atoms with Crippen molar-refractivity contribution in [2.24, 2.45) is 0 Å². The number of thiophene rings is 1. The van der Waals surface area contributed by atoms with Crippen molar-refractivity contribution in [3.63, 3.8) is 0 Å². The van der Waals surface area contributed by atoms with Crippen molar-refractivity contribution in [1.29, 1.82) is 0 Å². The van der Waals surface area contributed by atoms with Gasteiger partial charge in [0.05, 0.1) is 11.6 Å². The number of hydrogen-bond acceptors (Lipinski definition) is 4. The van der Waals surface area contributed by atoms with E-state index >= 15 is 0 Å². The fraction of sp³-hybridized carbons (Fsp3) is 0.455. The molecule has 4 nitrogen and oxygen atoms in total. The number of amides is 1. The number of carbonyl (C=O) groups is 2. The summed E-state index contributed by atoms with van der Waals surface area (Å²) < 4.78 is 4.90. The summed E-state index contributed by atoms with van der Waals surface area (Å²) in [5.41, 5.74) is 0. The van der Waals surface area contributed by atoms with Gasteiger partial charge < -0.3 is 9.64 Å². The molecular weight excluding hydrogens is 226 g/mol. The summed E-state index contributed by atoms with van der Waals surface area (Å²) in [6.45, 7) is 2.90. The van der Waals surface area contributed by atoms with Gasteiger partial charge in [-0.15, -0.1) is 11.3 Å². The quantitative estimate of drug-likeness (QED) is 0.758. The van der Waals surface area contributed by atoms with Gasteiger partial charge in [-0.1, -0.05) is 0 Å². The smallest absolute Gasteiger partial charge is 0.348 e.